The van der Waals surface area contributed by atoms with Gasteiger partial charge in [-0.05, 0) is 20.3 Å². The minimum atomic E-state index is 0. The topological polar surface area (TPSA) is 58.5 Å². The number of nitrogens with one attached hydrogen (secondary N) is 2. The smallest absolute Gasteiger partial charge is 0.191 e. The molecular weight excluding hydrogens is 423 g/mol. The van der Waals surface area contributed by atoms with Gasteiger partial charge in [-0.25, -0.2) is 4.98 Å². The molecule has 0 spiro atoms. The van der Waals surface area contributed by atoms with Gasteiger partial charge in [0, 0.05) is 50.6 Å². The van der Waals surface area contributed by atoms with E-state index >= 15 is 0 Å². The van der Waals surface area contributed by atoms with Crippen LogP contribution in [0.2, 0.25) is 0 Å². The first-order valence-electron chi connectivity index (χ1n) is 8.21. The molecule has 0 aliphatic carbocycles. The Labute approximate surface area is 161 Å². The molecule has 23 heavy (non-hydrogen) atoms. The minimum absolute atomic E-state index is 0. The molecule has 0 aliphatic rings. The third kappa shape index (κ3) is 10.1. The van der Waals surface area contributed by atoms with Crippen LogP contribution in [0.1, 0.15) is 50.7 Å². The third-order valence-corrected chi connectivity index (χ3v) is 4.20. The van der Waals surface area contributed by atoms with Gasteiger partial charge in [-0.2, -0.15) is 0 Å². The fourth-order valence-electron chi connectivity index (χ4n) is 1.86. The molecule has 0 saturated heterocycles. The molecule has 0 saturated carbocycles. The molecule has 2 N–H and O–H groups in total. The maximum absolute atomic E-state index is 5.32. The molecule has 0 unspecified atom stereocenters. The molecule has 0 amide bonds. The summed E-state index contributed by atoms with van der Waals surface area (Å²) in [5, 5.41) is 9.99. The molecule has 1 aromatic heterocycles. The van der Waals surface area contributed by atoms with Crippen LogP contribution in [0.3, 0.4) is 0 Å². The van der Waals surface area contributed by atoms with E-state index in [2.05, 4.69) is 46.8 Å². The van der Waals surface area contributed by atoms with Gasteiger partial charge in [0.05, 0.1) is 10.7 Å². The molecule has 0 bridgehead atoms. The van der Waals surface area contributed by atoms with Gasteiger partial charge in [0.25, 0.3) is 0 Å². The van der Waals surface area contributed by atoms with Gasteiger partial charge in [-0.15, -0.1) is 35.3 Å². The van der Waals surface area contributed by atoms with Crippen molar-refractivity contribution < 1.29 is 4.74 Å². The zero-order valence-corrected chi connectivity index (χ0v) is 17.9. The molecule has 0 radical (unpaired) electrons. The summed E-state index contributed by atoms with van der Waals surface area (Å²) >= 11 is 1.75. The SMILES string of the molecule is CCNC(=NCCCOCC)NCCc1csc(C(C)C)n1.I. The lowest BCUT2D eigenvalue weighted by molar-refractivity contribution is 0.146. The van der Waals surface area contributed by atoms with Gasteiger partial charge in [0.2, 0.25) is 0 Å². The number of halogens is 1. The number of guanidine groups is 1. The van der Waals surface area contributed by atoms with Crippen molar-refractivity contribution in [2.45, 2.75) is 46.5 Å². The second-order valence-corrected chi connectivity index (χ2v) is 6.21. The molecule has 7 heteroatoms. The predicted molar refractivity (Wildman–Crippen MR) is 110 cm³/mol. The number of ether oxygens (including phenoxy) is 1. The first-order valence-corrected chi connectivity index (χ1v) is 9.09. The van der Waals surface area contributed by atoms with E-state index < -0.39 is 0 Å². The van der Waals surface area contributed by atoms with Gasteiger partial charge in [0.15, 0.2) is 5.96 Å². The number of aromatic nitrogens is 1. The molecule has 5 nitrogen and oxygen atoms in total. The van der Waals surface area contributed by atoms with E-state index in [1.807, 2.05) is 6.92 Å². The zero-order valence-electron chi connectivity index (χ0n) is 14.7. The quantitative estimate of drug-likeness (QED) is 0.246. The van der Waals surface area contributed by atoms with E-state index in [-0.39, 0.29) is 24.0 Å². The van der Waals surface area contributed by atoms with Crippen molar-refractivity contribution >= 4 is 41.3 Å². The van der Waals surface area contributed by atoms with E-state index in [9.17, 15) is 0 Å². The van der Waals surface area contributed by atoms with Crippen LogP contribution in [0, 0.1) is 0 Å². The summed E-state index contributed by atoms with van der Waals surface area (Å²) in [7, 11) is 0. The number of nitrogens with zero attached hydrogens (tertiary/aromatic N) is 2. The van der Waals surface area contributed by atoms with Gasteiger partial charge in [-0.3, -0.25) is 4.99 Å². The minimum Gasteiger partial charge on any atom is -0.382 e. The summed E-state index contributed by atoms with van der Waals surface area (Å²) in [6.45, 7) is 12.5. The molecule has 0 aliphatic heterocycles. The summed E-state index contributed by atoms with van der Waals surface area (Å²) in [6, 6.07) is 0. The van der Waals surface area contributed by atoms with Gasteiger partial charge in [-0.1, -0.05) is 13.8 Å². The molecule has 1 aromatic rings. The highest BCUT2D eigenvalue weighted by atomic mass is 127. The maximum atomic E-state index is 5.32. The van der Waals surface area contributed by atoms with Crippen LogP contribution in [-0.2, 0) is 11.2 Å². The molecular formula is C16H31IN4OS. The van der Waals surface area contributed by atoms with Crippen LogP contribution < -0.4 is 10.6 Å². The fraction of sp³-hybridized carbons (Fsp3) is 0.750. The Balaban J connectivity index is 0.00000484. The number of thiazole rings is 1. The van der Waals surface area contributed by atoms with Gasteiger partial charge in [0.1, 0.15) is 0 Å². The van der Waals surface area contributed by atoms with Crippen molar-refractivity contribution in [2.24, 2.45) is 4.99 Å². The van der Waals surface area contributed by atoms with E-state index in [1.165, 1.54) is 5.01 Å². The van der Waals surface area contributed by atoms with Crippen LogP contribution in [0.5, 0.6) is 0 Å². The molecule has 0 atom stereocenters. The number of hydrogen-bond donors (Lipinski definition) is 2. The number of rotatable bonds is 10. The van der Waals surface area contributed by atoms with Crippen LogP contribution in [-0.4, -0.2) is 43.8 Å². The monoisotopic (exact) mass is 454 g/mol. The molecule has 1 rings (SSSR count). The van der Waals surface area contributed by atoms with Crippen molar-refractivity contribution in [3.63, 3.8) is 0 Å². The third-order valence-electron chi connectivity index (χ3n) is 3.00. The number of aliphatic imine (C=N–C) groups is 1. The summed E-state index contributed by atoms with van der Waals surface area (Å²) in [5.74, 6) is 1.38. The molecule has 1 heterocycles. The first kappa shape index (κ1) is 22.6. The average Bonchev–Trinajstić information content (AvgIpc) is 2.96. The summed E-state index contributed by atoms with van der Waals surface area (Å²) < 4.78 is 5.32. The van der Waals surface area contributed by atoms with Crippen LogP contribution in [0.4, 0.5) is 0 Å². The Morgan fingerprint density at radius 3 is 2.74 bits per heavy atom. The Hall–Kier alpha value is -0.410. The van der Waals surface area contributed by atoms with Crippen molar-refractivity contribution in [1.82, 2.24) is 15.6 Å². The Morgan fingerprint density at radius 1 is 1.35 bits per heavy atom. The Kier molecular flexibility index (Phi) is 13.7. The Bertz CT molecular complexity index is 437. The van der Waals surface area contributed by atoms with Crippen LogP contribution in [0.25, 0.3) is 0 Å². The maximum Gasteiger partial charge on any atom is 0.191 e. The van der Waals surface area contributed by atoms with E-state index in [0.717, 1.165) is 57.3 Å². The van der Waals surface area contributed by atoms with E-state index in [1.54, 1.807) is 11.3 Å². The summed E-state index contributed by atoms with van der Waals surface area (Å²) in [6.07, 6.45) is 1.88. The van der Waals surface area contributed by atoms with Gasteiger partial charge >= 0.3 is 0 Å². The normalized spacial score (nSPS) is 11.4. The summed E-state index contributed by atoms with van der Waals surface area (Å²) in [5.41, 5.74) is 1.16. The second kappa shape index (κ2) is 14.0. The number of hydrogen-bond acceptors (Lipinski definition) is 4. The average molecular weight is 454 g/mol. The molecule has 0 fully saturated rings. The van der Waals surface area contributed by atoms with E-state index in [0.29, 0.717) is 5.92 Å². The lowest BCUT2D eigenvalue weighted by atomic mass is 10.2. The van der Waals surface area contributed by atoms with Gasteiger partial charge < -0.3 is 15.4 Å². The predicted octanol–water partition coefficient (Wildman–Crippen LogP) is 3.41. The highest BCUT2D eigenvalue weighted by molar-refractivity contribution is 14.0. The Morgan fingerprint density at radius 2 is 2.13 bits per heavy atom. The van der Waals surface area contributed by atoms with Crippen molar-refractivity contribution in [2.75, 3.05) is 32.8 Å². The molecule has 0 aromatic carbocycles. The van der Waals surface area contributed by atoms with Crippen molar-refractivity contribution in [3.8, 4) is 0 Å². The second-order valence-electron chi connectivity index (χ2n) is 5.32. The zero-order chi connectivity index (χ0) is 16.2. The van der Waals surface area contributed by atoms with Crippen LogP contribution in [0.15, 0.2) is 10.4 Å². The fourth-order valence-corrected chi connectivity index (χ4v) is 2.72. The van der Waals surface area contributed by atoms with E-state index in [4.69, 9.17) is 4.74 Å². The standard InChI is InChI=1S/C16H30N4OS.HI/c1-5-17-16(18-9-7-11-21-6-2)19-10-8-14-12-22-15(20-14)13(3)4;/h12-13H,5-11H2,1-4H3,(H2,17,18,19);1H. The van der Waals surface area contributed by atoms with Crippen molar-refractivity contribution in [1.29, 1.82) is 0 Å². The lowest BCUT2D eigenvalue weighted by Crippen LogP contribution is -2.38. The highest BCUT2D eigenvalue weighted by Gasteiger charge is 2.05. The van der Waals surface area contributed by atoms with Crippen LogP contribution >= 0.6 is 35.3 Å². The molecule has 134 valence electrons. The first-order chi connectivity index (χ1) is 10.7. The summed E-state index contributed by atoms with van der Waals surface area (Å²) in [4.78, 5) is 9.20. The van der Waals surface area contributed by atoms with Crippen molar-refractivity contribution in [3.05, 3.63) is 16.1 Å². The lowest BCUT2D eigenvalue weighted by Gasteiger charge is -2.10. The largest absolute Gasteiger partial charge is 0.382 e. The highest BCUT2D eigenvalue weighted by Crippen LogP contribution is 2.19.